The van der Waals surface area contributed by atoms with Crippen LogP contribution in [-0.4, -0.2) is 40.6 Å². The molecule has 1 N–H and O–H groups in total. The van der Waals surface area contributed by atoms with Crippen LogP contribution in [0.15, 0.2) is 35.2 Å². The summed E-state index contributed by atoms with van der Waals surface area (Å²) < 4.78 is 47.0. The van der Waals surface area contributed by atoms with Crippen LogP contribution in [0.25, 0.3) is 0 Å². The Morgan fingerprint density at radius 3 is 2.59 bits per heavy atom. The van der Waals surface area contributed by atoms with Crippen LogP contribution in [0.2, 0.25) is 5.02 Å². The van der Waals surface area contributed by atoms with Crippen molar-refractivity contribution in [1.29, 1.82) is 0 Å². The molecule has 0 saturated carbocycles. The average Bonchev–Trinajstić information content (AvgIpc) is 2.63. The molecular weight excluding hydrogens is 391 g/mol. The molecular formula is C19H22ClFN2O3S. The summed E-state index contributed by atoms with van der Waals surface area (Å²) in [5, 5.41) is -0.233. The minimum absolute atomic E-state index is 0.0829. The number of nitrogens with zero attached hydrogens (tertiary/aromatic N) is 1. The van der Waals surface area contributed by atoms with Gasteiger partial charge < -0.3 is 9.64 Å². The maximum absolute atomic E-state index is 13.4. The Balaban J connectivity index is 1.98. The van der Waals surface area contributed by atoms with E-state index < -0.39 is 15.8 Å². The number of fused-ring (bicyclic) bond motifs is 1. The average molecular weight is 413 g/mol. The Hall–Kier alpha value is -1.83. The number of hydrogen-bond donors (Lipinski definition) is 1. The molecule has 0 bridgehead atoms. The quantitative estimate of drug-likeness (QED) is 0.813. The summed E-state index contributed by atoms with van der Waals surface area (Å²) >= 11 is 5.74. The minimum atomic E-state index is -3.89. The maximum Gasteiger partial charge on any atom is 0.261 e. The summed E-state index contributed by atoms with van der Waals surface area (Å²) in [6.45, 7) is 0. The van der Waals surface area contributed by atoms with Gasteiger partial charge in [-0.15, -0.1) is 0 Å². The van der Waals surface area contributed by atoms with Crippen molar-refractivity contribution >= 4 is 27.3 Å². The first kappa shape index (κ1) is 19.9. The van der Waals surface area contributed by atoms with Crippen molar-refractivity contribution < 1.29 is 17.5 Å². The largest absolute Gasteiger partial charge is 0.496 e. The first-order valence-electron chi connectivity index (χ1n) is 8.56. The Kier molecular flexibility index (Phi) is 5.65. The molecule has 0 aromatic heterocycles. The second-order valence-electron chi connectivity index (χ2n) is 6.81. The van der Waals surface area contributed by atoms with Gasteiger partial charge in [-0.25, -0.2) is 12.8 Å². The number of nitrogens with one attached hydrogen (secondary N) is 1. The summed E-state index contributed by atoms with van der Waals surface area (Å²) in [5.74, 6) is 0.0940. The van der Waals surface area contributed by atoms with Gasteiger partial charge >= 0.3 is 0 Å². The predicted octanol–water partition coefficient (Wildman–Crippen LogP) is 3.71. The number of sulfonamides is 1. The highest BCUT2D eigenvalue weighted by Crippen LogP contribution is 2.36. The lowest BCUT2D eigenvalue weighted by Crippen LogP contribution is -2.34. The molecule has 0 fully saturated rings. The van der Waals surface area contributed by atoms with Crippen molar-refractivity contribution in [2.24, 2.45) is 0 Å². The molecule has 0 spiro atoms. The first-order chi connectivity index (χ1) is 12.7. The van der Waals surface area contributed by atoms with Crippen LogP contribution in [0.5, 0.6) is 5.75 Å². The molecule has 1 atom stereocenters. The van der Waals surface area contributed by atoms with E-state index in [1.807, 2.05) is 14.1 Å². The number of ether oxygens (including phenoxy) is 1. The van der Waals surface area contributed by atoms with Crippen LogP contribution < -0.4 is 9.46 Å². The van der Waals surface area contributed by atoms with E-state index in [-0.39, 0.29) is 9.92 Å². The van der Waals surface area contributed by atoms with Gasteiger partial charge in [0.05, 0.1) is 22.7 Å². The summed E-state index contributed by atoms with van der Waals surface area (Å²) in [4.78, 5) is 2.08. The SMILES string of the molecule is COc1ccc(NS(=O)(=O)c2ccc(F)c(Cl)c2)c2c1C[C@@H](N(C)C)CC2. The van der Waals surface area contributed by atoms with E-state index in [9.17, 15) is 12.8 Å². The lowest BCUT2D eigenvalue weighted by atomic mass is 9.86. The van der Waals surface area contributed by atoms with Gasteiger partial charge in [-0.1, -0.05) is 11.6 Å². The van der Waals surface area contributed by atoms with Gasteiger partial charge in [0.1, 0.15) is 11.6 Å². The molecule has 146 valence electrons. The molecule has 0 radical (unpaired) electrons. The molecule has 2 aromatic carbocycles. The molecule has 2 aromatic rings. The summed E-state index contributed by atoms with van der Waals surface area (Å²) in [6.07, 6.45) is 2.44. The molecule has 0 amide bonds. The Labute approximate surface area is 164 Å². The van der Waals surface area contributed by atoms with E-state index >= 15 is 0 Å². The van der Waals surface area contributed by atoms with Crippen LogP contribution >= 0.6 is 11.6 Å². The fourth-order valence-corrected chi connectivity index (χ4v) is 4.77. The van der Waals surface area contributed by atoms with Crippen molar-refractivity contribution in [3.05, 3.63) is 52.3 Å². The normalized spacial score (nSPS) is 16.9. The monoisotopic (exact) mass is 412 g/mol. The van der Waals surface area contributed by atoms with Crippen molar-refractivity contribution in [1.82, 2.24) is 4.90 Å². The highest BCUT2D eigenvalue weighted by molar-refractivity contribution is 7.92. The topological polar surface area (TPSA) is 58.6 Å². The minimum Gasteiger partial charge on any atom is -0.496 e. The predicted molar refractivity (Wildman–Crippen MR) is 105 cm³/mol. The Morgan fingerprint density at radius 2 is 1.96 bits per heavy atom. The zero-order chi connectivity index (χ0) is 19.8. The number of anilines is 1. The molecule has 1 aliphatic carbocycles. The molecule has 3 rings (SSSR count). The van der Waals surface area contributed by atoms with E-state index in [2.05, 4.69) is 9.62 Å². The van der Waals surface area contributed by atoms with Crippen molar-refractivity contribution in [3.63, 3.8) is 0 Å². The van der Waals surface area contributed by atoms with Crippen LogP contribution in [0.3, 0.4) is 0 Å². The number of halogens is 2. The van der Waals surface area contributed by atoms with Crippen LogP contribution in [0.4, 0.5) is 10.1 Å². The summed E-state index contributed by atoms with van der Waals surface area (Å²) in [6, 6.07) is 7.19. The van der Waals surface area contributed by atoms with Gasteiger partial charge in [-0.05, 0) is 69.3 Å². The van der Waals surface area contributed by atoms with Gasteiger partial charge in [0, 0.05) is 11.6 Å². The fourth-order valence-electron chi connectivity index (χ4n) is 3.40. The summed E-state index contributed by atoms with van der Waals surface area (Å²) in [7, 11) is 1.79. The number of benzene rings is 2. The molecule has 0 unspecified atom stereocenters. The third kappa shape index (κ3) is 4.05. The molecule has 0 aliphatic heterocycles. The molecule has 0 heterocycles. The molecule has 27 heavy (non-hydrogen) atoms. The standard InChI is InChI=1S/C19H22ClFN2O3S/c1-23(2)12-4-6-14-15(10-12)19(26-3)9-8-18(14)22-27(24,25)13-5-7-17(21)16(20)11-13/h5,7-9,11-12,22H,4,6,10H2,1-3H3/t12-/m0/s1. The van der Waals surface area contributed by atoms with E-state index in [0.717, 1.165) is 48.3 Å². The van der Waals surface area contributed by atoms with Crippen LogP contribution in [0.1, 0.15) is 17.5 Å². The smallest absolute Gasteiger partial charge is 0.261 e. The Bertz CT molecular complexity index is 964. The molecule has 0 saturated heterocycles. The van der Waals surface area contributed by atoms with Gasteiger partial charge in [0.2, 0.25) is 0 Å². The zero-order valence-electron chi connectivity index (χ0n) is 15.4. The summed E-state index contributed by atoms with van der Waals surface area (Å²) in [5.41, 5.74) is 2.47. The highest BCUT2D eigenvalue weighted by Gasteiger charge is 2.27. The highest BCUT2D eigenvalue weighted by atomic mass is 35.5. The van der Waals surface area contributed by atoms with Gasteiger partial charge in [-0.2, -0.15) is 0 Å². The Morgan fingerprint density at radius 1 is 1.22 bits per heavy atom. The first-order valence-corrected chi connectivity index (χ1v) is 10.4. The number of likely N-dealkylation sites (N-methyl/N-ethyl adjacent to an activating group) is 1. The third-order valence-corrected chi connectivity index (χ3v) is 6.60. The second kappa shape index (κ2) is 7.66. The lowest BCUT2D eigenvalue weighted by Gasteiger charge is -2.32. The second-order valence-corrected chi connectivity index (χ2v) is 8.90. The van der Waals surface area contributed by atoms with E-state index in [1.54, 1.807) is 19.2 Å². The zero-order valence-corrected chi connectivity index (χ0v) is 17.0. The van der Waals surface area contributed by atoms with Gasteiger partial charge in [0.15, 0.2) is 0 Å². The van der Waals surface area contributed by atoms with E-state index in [4.69, 9.17) is 16.3 Å². The van der Waals surface area contributed by atoms with Crippen LogP contribution in [-0.2, 0) is 22.9 Å². The van der Waals surface area contributed by atoms with E-state index in [1.165, 1.54) is 6.07 Å². The third-order valence-electron chi connectivity index (χ3n) is 4.95. The van der Waals surface area contributed by atoms with Gasteiger partial charge in [0.25, 0.3) is 10.0 Å². The van der Waals surface area contributed by atoms with Gasteiger partial charge in [-0.3, -0.25) is 4.72 Å². The number of rotatable bonds is 5. The maximum atomic E-state index is 13.4. The fraction of sp³-hybridized carbons (Fsp3) is 0.368. The number of hydrogen-bond acceptors (Lipinski definition) is 4. The van der Waals surface area contributed by atoms with E-state index in [0.29, 0.717) is 11.7 Å². The molecule has 5 nitrogen and oxygen atoms in total. The molecule has 1 aliphatic rings. The van der Waals surface area contributed by atoms with Crippen molar-refractivity contribution in [3.8, 4) is 5.75 Å². The number of methoxy groups -OCH3 is 1. The molecule has 8 heteroatoms. The lowest BCUT2D eigenvalue weighted by molar-refractivity contribution is 0.265. The van der Waals surface area contributed by atoms with Crippen molar-refractivity contribution in [2.75, 3.05) is 25.9 Å². The van der Waals surface area contributed by atoms with Crippen molar-refractivity contribution in [2.45, 2.75) is 30.2 Å². The van der Waals surface area contributed by atoms with Crippen LogP contribution in [0, 0.1) is 5.82 Å².